The molecule has 1 heterocycles. The molecule has 11 heteroatoms. The van der Waals surface area contributed by atoms with Gasteiger partial charge in [0.2, 0.25) is 5.91 Å². The van der Waals surface area contributed by atoms with Gasteiger partial charge in [0.05, 0.1) is 23.2 Å². The first-order valence-electron chi connectivity index (χ1n) is 14.8. The van der Waals surface area contributed by atoms with Gasteiger partial charge in [0.1, 0.15) is 11.6 Å². The lowest BCUT2D eigenvalue weighted by atomic mass is 9.96. The van der Waals surface area contributed by atoms with Crippen molar-refractivity contribution >= 4 is 22.6 Å². The number of amides is 1. The van der Waals surface area contributed by atoms with Crippen molar-refractivity contribution in [2.75, 3.05) is 6.54 Å². The zero-order chi connectivity index (χ0) is 32.9. The van der Waals surface area contributed by atoms with Gasteiger partial charge in [-0.15, -0.1) is 0 Å². The van der Waals surface area contributed by atoms with E-state index in [1.807, 2.05) is 38.1 Å². The Labute approximate surface area is 258 Å². The van der Waals surface area contributed by atoms with E-state index in [1.54, 1.807) is 0 Å². The fourth-order valence-electron chi connectivity index (χ4n) is 5.63. The minimum absolute atomic E-state index is 0.0114. The fourth-order valence-corrected chi connectivity index (χ4v) is 5.63. The van der Waals surface area contributed by atoms with Crippen LogP contribution in [0.3, 0.4) is 0 Å². The normalized spacial score (nSPS) is 13.2. The number of nitrogens with zero attached hydrogens (tertiary/aromatic N) is 1. The molecule has 1 aromatic heterocycles. The first-order chi connectivity index (χ1) is 21.3. The number of aliphatic hydroxyl groups is 1. The van der Waals surface area contributed by atoms with Crippen molar-refractivity contribution in [3.05, 3.63) is 106 Å². The number of unbranched alkanes of at least 4 members (excludes halogenated alkanes) is 1. The number of fused-ring (bicyclic) bond motifs is 1. The number of hydrogen-bond donors (Lipinski definition) is 3. The average molecular weight is 630 g/mol. The van der Waals surface area contributed by atoms with Crippen molar-refractivity contribution in [3.8, 4) is 0 Å². The number of carbonyl (C=O) groups excluding carboxylic acids is 2. The standard InChI is InChI=1S/C34H36F5N3O3/c1-3-5-9-23-14-24(33(40)45)15-29-31(23)27(32(44)34(37,38)39)19-42(29)28(13-22-11-25(35)16-26(36)12-22)30(43)18-41-17-21-8-6-7-20(4-2)10-21/h6-8,10-12,14-16,19,28,30,41,43H,3-5,9,13,17-18H2,1-2H3,(H2,40,45)/t28-,30+/m0/s1. The Hall–Kier alpha value is -4.09. The number of Topliss-reactive ketones (excluding diaryl/α,β-unsaturated/α-hetero) is 1. The molecule has 4 aromatic rings. The number of primary amides is 1. The summed E-state index contributed by atoms with van der Waals surface area (Å²) in [5.41, 5.74) is 7.54. The van der Waals surface area contributed by atoms with Gasteiger partial charge in [-0.25, -0.2) is 8.78 Å². The number of nitrogens with one attached hydrogen (secondary N) is 1. The average Bonchev–Trinajstić information content (AvgIpc) is 3.36. The molecule has 0 spiro atoms. The molecule has 0 radical (unpaired) electrons. The largest absolute Gasteiger partial charge is 0.454 e. The molecule has 4 N–H and O–H groups in total. The van der Waals surface area contributed by atoms with E-state index in [2.05, 4.69) is 5.32 Å². The van der Waals surface area contributed by atoms with Crippen LogP contribution in [0.25, 0.3) is 10.9 Å². The summed E-state index contributed by atoms with van der Waals surface area (Å²) in [5, 5.41) is 14.7. The maximum atomic E-state index is 14.2. The molecule has 0 saturated heterocycles. The topological polar surface area (TPSA) is 97.4 Å². The number of rotatable bonds is 14. The maximum Gasteiger partial charge on any atom is 0.454 e. The van der Waals surface area contributed by atoms with Gasteiger partial charge in [-0.3, -0.25) is 9.59 Å². The van der Waals surface area contributed by atoms with Crippen LogP contribution in [0.5, 0.6) is 0 Å². The molecule has 6 nitrogen and oxygen atoms in total. The highest BCUT2D eigenvalue weighted by Gasteiger charge is 2.42. The molecule has 0 aliphatic carbocycles. The summed E-state index contributed by atoms with van der Waals surface area (Å²) in [5.74, 6) is -4.65. The quantitative estimate of drug-likeness (QED) is 0.108. The second-order valence-corrected chi connectivity index (χ2v) is 11.2. The minimum Gasteiger partial charge on any atom is -0.390 e. The summed E-state index contributed by atoms with van der Waals surface area (Å²) in [4.78, 5) is 25.1. The van der Waals surface area contributed by atoms with Gasteiger partial charge in [-0.05, 0) is 72.2 Å². The van der Waals surface area contributed by atoms with E-state index in [-0.39, 0.29) is 41.4 Å². The predicted octanol–water partition coefficient (Wildman–Crippen LogP) is 6.60. The Morgan fingerprint density at radius 3 is 2.29 bits per heavy atom. The second-order valence-electron chi connectivity index (χ2n) is 11.2. The third kappa shape index (κ3) is 8.15. The Kier molecular flexibility index (Phi) is 10.8. The predicted molar refractivity (Wildman–Crippen MR) is 162 cm³/mol. The van der Waals surface area contributed by atoms with E-state index in [0.29, 0.717) is 31.0 Å². The van der Waals surface area contributed by atoms with Crippen LogP contribution in [0.15, 0.2) is 60.8 Å². The van der Waals surface area contributed by atoms with E-state index in [0.717, 1.165) is 35.9 Å². The molecule has 0 aliphatic heterocycles. The number of carbonyl (C=O) groups is 2. The van der Waals surface area contributed by atoms with E-state index in [1.165, 1.54) is 16.7 Å². The van der Waals surface area contributed by atoms with E-state index < -0.39 is 47.2 Å². The summed E-state index contributed by atoms with van der Waals surface area (Å²) in [6, 6.07) is 12.2. The summed E-state index contributed by atoms with van der Waals surface area (Å²) >= 11 is 0. The molecular formula is C34H36F5N3O3. The van der Waals surface area contributed by atoms with Crippen LogP contribution >= 0.6 is 0 Å². The van der Waals surface area contributed by atoms with Crippen molar-refractivity contribution in [3.63, 3.8) is 0 Å². The fraction of sp³-hybridized carbons (Fsp3) is 0.353. The van der Waals surface area contributed by atoms with Gasteiger partial charge in [-0.2, -0.15) is 13.2 Å². The molecule has 3 aromatic carbocycles. The minimum atomic E-state index is -5.21. The molecular weight excluding hydrogens is 593 g/mol. The third-order valence-corrected chi connectivity index (χ3v) is 7.85. The summed E-state index contributed by atoms with van der Waals surface area (Å²) < 4.78 is 71.3. The summed E-state index contributed by atoms with van der Waals surface area (Å²) in [6.45, 7) is 4.22. The zero-order valence-electron chi connectivity index (χ0n) is 25.1. The van der Waals surface area contributed by atoms with Crippen molar-refractivity contribution in [2.45, 2.75) is 70.8 Å². The molecule has 240 valence electrons. The Bertz CT molecular complexity index is 1660. The van der Waals surface area contributed by atoms with Gasteiger partial charge in [0, 0.05) is 36.3 Å². The number of nitrogens with two attached hydrogens (primary N) is 1. The van der Waals surface area contributed by atoms with Crippen LogP contribution in [0.4, 0.5) is 22.0 Å². The number of aromatic nitrogens is 1. The molecule has 45 heavy (non-hydrogen) atoms. The van der Waals surface area contributed by atoms with E-state index >= 15 is 0 Å². The van der Waals surface area contributed by atoms with Gasteiger partial charge >= 0.3 is 6.18 Å². The van der Waals surface area contributed by atoms with Crippen molar-refractivity contribution in [1.82, 2.24) is 9.88 Å². The maximum absolute atomic E-state index is 14.2. The third-order valence-electron chi connectivity index (χ3n) is 7.85. The summed E-state index contributed by atoms with van der Waals surface area (Å²) in [6.07, 6.45) is -3.39. The lowest BCUT2D eigenvalue weighted by molar-refractivity contribution is -0.0884. The molecule has 0 unspecified atom stereocenters. The monoisotopic (exact) mass is 629 g/mol. The van der Waals surface area contributed by atoms with Gasteiger partial charge in [0.15, 0.2) is 0 Å². The van der Waals surface area contributed by atoms with Crippen LogP contribution in [0.2, 0.25) is 0 Å². The highest BCUT2D eigenvalue weighted by molar-refractivity contribution is 6.13. The molecule has 0 fully saturated rings. The van der Waals surface area contributed by atoms with Crippen LogP contribution in [0.1, 0.15) is 75.7 Å². The smallest absolute Gasteiger partial charge is 0.390 e. The number of ketones is 1. The van der Waals surface area contributed by atoms with Crippen LogP contribution in [0, 0.1) is 11.6 Å². The zero-order valence-corrected chi connectivity index (χ0v) is 25.1. The van der Waals surface area contributed by atoms with E-state index in [9.17, 15) is 36.6 Å². The number of benzene rings is 3. The molecule has 2 atom stereocenters. The Morgan fingerprint density at radius 1 is 0.978 bits per heavy atom. The lowest BCUT2D eigenvalue weighted by Crippen LogP contribution is -2.35. The number of halogens is 5. The first-order valence-corrected chi connectivity index (χ1v) is 14.8. The molecule has 0 aliphatic rings. The molecule has 4 rings (SSSR count). The Morgan fingerprint density at radius 2 is 1.67 bits per heavy atom. The highest BCUT2D eigenvalue weighted by atomic mass is 19.4. The van der Waals surface area contributed by atoms with Crippen molar-refractivity contribution in [1.29, 1.82) is 0 Å². The lowest BCUT2D eigenvalue weighted by Gasteiger charge is -2.27. The number of aryl methyl sites for hydroxylation is 2. The highest BCUT2D eigenvalue weighted by Crippen LogP contribution is 2.36. The first kappa shape index (κ1) is 33.8. The number of hydrogen-bond acceptors (Lipinski definition) is 4. The molecule has 0 bridgehead atoms. The van der Waals surface area contributed by atoms with Gasteiger partial charge in [-0.1, -0.05) is 44.5 Å². The van der Waals surface area contributed by atoms with Crippen molar-refractivity contribution in [2.24, 2.45) is 5.73 Å². The second kappa shape index (κ2) is 14.3. The molecule has 0 saturated carbocycles. The van der Waals surface area contributed by atoms with Crippen LogP contribution in [-0.4, -0.2) is 40.2 Å². The van der Waals surface area contributed by atoms with Crippen LogP contribution < -0.4 is 11.1 Å². The van der Waals surface area contributed by atoms with E-state index in [4.69, 9.17) is 5.73 Å². The molecule has 1 amide bonds. The van der Waals surface area contributed by atoms with Crippen molar-refractivity contribution < 1.29 is 36.6 Å². The Balaban J connectivity index is 1.86. The van der Waals surface area contributed by atoms with Crippen LogP contribution in [-0.2, 0) is 25.8 Å². The number of aliphatic hydroxyl groups excluding tert-OH is 1. The number of alkyl halides is 3. The summed E-state index contributed by atoms with van der Waals surface area (Å²) in [7, 11) is 0. The van der Waals surface area contributed by atoms with Gasteiger partial charge < -0.3 is 20.7 Å². The van der Waals surface area contributed by atoms with Gasteiger partial charge in [0.25, 0.3) is 5.78 Å². The SMILES string of the molecule is CCCCc1cc(C(N)=O)cc2c1c(C(=O)C(F)(F)F)cn2[C@@H](Cc1cc(F)cc(F)c1)[C@H](O)CNCc1cccc(CC)c1.